The molecular weight excluding hydrogens is 384 g/mol. The van der Waals surface area contributed by atoms with E-state index in [4.69, 9.17) is 0 Å². The minimum atomic E-state index is -0.0697. The monoisotopic (exact) mass is 418 g/mol. The van der Waals surface area contributed by atoms with Crippen molar-refractivity contribution >= 4 is 29.3 Å². The van der Waals surface area contributed by atoms with Crippen molar-refractivity contribution in [2.24, 2.45) is 0 Å². The van der Waals surface area contributed by atoms with Crippen LogP contribution in [0, 0.1) is 0 Å². The molecule has 2 fully saturated rings. The molecule has 7 heteroatoms. The van der Waals surface area contributed by atoms with Crippen LogP contribution < -0.4 is 20.4 Å². The third-order valence-corrected chi connectivity index (χ3v) is 7.80. The molecule has 0 radical (unpaired) electrons. The molecular formula is C22H34N4O2S+2. The molecule has 3 aliphatic rings. The molecule has 29 heavy (non-hydrogen) atoms. The highest BCUT2D eigenvalue weighted by Crippen LogP contribution is 2.34. The van der Waals surface area contributed by atoms with E-state index in [0.717, 1.165) is 36.6 Å². The first kappa shape index (κ1) is 20.7. The average molecular weight is 419 g/mol. The van der Waals surface area contributed by atoms with Crippen LogP contribution in [0.15, 0.2) is 23.1 Å². The van der Waals surface area contributed by atoms with Gasteiger partial charge in [-0.05, 0) is 56.7 Å². The van der Waals surface area contributed by atoms with Gasteiger partial charge in [0.05, 0.1) is 38.4 Å². The summed E-state index contributed by atoms with van der Waals surface area (Å²) in [5, 5.41) is 6.02. The van der Waals surface area contributed by atoms with Gasteiger partial charge in [-0.1, -0.05) is 11.8 Å². The van der Waals surface area contributed by atoms with Crippen molar-refractivity contribution in [2.75, 3.05) is 44.6 Å². The number of amides is 2. The van der Waals surface area contributed by atoms with Crippen molar-refractivity contribution in [3.8, 4) is 0 Å². The summed E-state index contributed by atoms with van der Waals surface area (Å²) in [5.41, 5.74) is 1.40. The molecule has 0 saturated carbocycles. The molecule has 0 aromatic heterocycles. The van der Waals surface area contributed by atoms with Crippen molar-refractivity contribution in [1.82, 2.24) is 5.32 Å². The maximum atomic E-state index is 12.6. The lowest BCUT2D eigenvalue weighted by Gasteiger charge is -2.33. The van der Waals surface area contributed by atoms with E-state index in [1.54, 1.807) is 16.7 Å². The molecule has 3 aliphatic heterocycles. The Kier molecular flexibility index (Phi) is 7.11. The van der Waals surface area contributed by atoms with Gasteiger partial charge in [0.25, 0.3) is 11.8 Å². The van der Waals surface area contributed by atoms with Gasteiger partial charge in [0.1, 0.15) is 0 Å². The van der Waals surface area contributed by atoms with Gasteiger partial charge in [0, 0.05) is 23.4 Å². The SMILES string of the molecule is O=C(NCCC[NH+]1CCCCC1)c1ccc2c(c1)NC(=O)C([NH+]1CCCCC1)S2. The molecule has 1 unspecified atom stereocenters. The van der Waals surface area contributed by atoms with Crippen molar-refractivity contribution in [1.29, 1.82) is 0 Å². The number of nitrogens with one attached hydrogen (secondary N) is 4. The van der Waals surface area contributed by atoms with Crippen LogP contribution in [0.4, 0.5) is 5.69 Å². The Morgan fingerprint density at radius 2 is 1.79 bits per heavy atom. The smallest absolute Gasteiger partial charge is 0.294 e. The van der Waals surface area contributed by atoms with Crippen LogP contribution in [0.1, 0.15) is 55.3 Å². The second-order valence-corrected chi connectivity index (χ2v) is 9.73. The van der Waals surface area contributed by atoms with E-state index in [9.17, 15) is 9.59 Å². The van der Waals surface area contributed by atoms with Gasteiger partial charge < -0.3 is 20.4 Å². The van der Waals surface area contributed by atoms with Gasteiger partial charge >= 0.3 is 0 Å². The van der Waals surface area contributed by atoms with Crippen LogP contribution in [0.3, 0.4) is 0 Å². The lowest BCUT2D eigenvalue weighted by molar-refractivity contribution is -0.906. The molecule has 1 atom stereocenters. The van der Waals surface area contributed by atoms with Crippen molar-refractivity contribution in [2.45, 2.75) is 55.2 Å². The van der Waals surface area contributed by atoms with Crippen molar-refractivity contribution in [3.63, 3.8) is 0 Å². The number of anilines is 1. The van der Waals surface area contributed by atoms with E-state index in [1.807, 2.05) is 18.2 Å². The number of hydrogen-bond acceptors (Lipinski definition) is 3. The number of carbonyl (C=O) groups is 2. The summed E-state index contributed by atoms with van der Waals surface area (Å²) in [6.07, 6.45) is 8.72. The van der Waals surface area contributed by atoms with Crippen LogP contribution in [-0.2, 0) is 4.79 Å². The maximum Gasteiger partial charge on any atom is 0.294 e. The molecule has 4 rings (SSSR count). The van der Waals surface area contributed by atoms with Gasteiger partial charge in [0.15, 0.2) is 0 Å². The number of thioether (sulfide) groups is 1. The third-order valence-electron chi connectivity index (χ3n) is 6.40. The van der Waals surface area contributed by atoms with Crippen LogP contribution in [0.5, 0.6) is 0 Å². The molecule has 2 saturated heterocycles. The highest BCUT2D eigenvalue weighted by atomic mass is 32.2. The number of likely N-dealkylation sites (tertiary alicyclic amines) is 2. The Balaban J connectivity index is 1.29. The zero-order chi connectivity index (χ0) is 20.1. The van der Waals surface area contributed by atoms with Gasteiger partial charge in [0.2, 0.25) is 5.37 Å². The Morgan fingerprint density at radius 3 is 2.55 bits per heavy atom. The predicted octanol–water partition coefficient (Wildman–Crippen LogP) is 0.314. The summed E-state index contributed by atoms with van der Waals surface area (Å²) in [4.78, 5) is 29.3. The molecule has 1 aromatic rings. The molecule has 0 bridgehead atoms. The fraction of sp³-hybridized carbons (Fsp3) is 0.636. The van der Waals surface area contributed by atoms with Crippen LogP contribution >= 0.6 is 11.8 Å². The highest BCUT2D eigenvalue weighted by molar-refractivity contribution is 8.00. The number of quaternary nitrogens is 2. The molecule has 4 N–H and O–H groups in total. The minimum absolute atomic E-state index is 0.0514. The Morgan fingerprint density at radius 1 is 1.07 bits per heavy atom. The van der Waals surface area contributed by atoms with E-state index in [2.05, 4.69) is 10.6 Å². The highest BCUT2D eigenvalue weighted by Gasteiger charge is 2.36. The van der Waals surface area contributed by atoms with E-state index in [1.165, 1.54) is 56.5 Å². The second kappa shape index (κ2) is 9.96. The summed E-state index contributed by atoms with van der Waals surface area (Å²) in [7, 11) is 0. The van der Waals surface area contributed by atoms with Gasteiger partial charge in [-0.25, -0.2) is 0 Å². The number of hydrogen-bond donors (Lipinski definition) is 4. The summed E-state index contributed by atoms with van der Waals surface area (Å²) in [6, 6.07) is 5.70. The first-order valence-electron chi connectivity index (χ1n) is 11.3. The van der Waals surface area contributed by atoms with E-state index in [-0.39, 0.29) is 17.2 Å². The number of piperidine rings is 2. The summed E-state index contributed by atoms with van der Waals surface area (Å²) in [5.74, 6) is 0.0194. The average Bonchev–Trinajstić information content (AvgIpc) is 2.77. The number of benzene rings is 1. The molecule has 158 valence electrons. The summed E-state index contributed by atoms with van der Waals surface area (Å²) < 4.78 is 0. The maximum absolute atomic E-state index is 12.6. The predicted molar refractivity (Wildman–Crippen MR) is 116 cm³/mol. The number of rotatable bonds is 6. The Bertz CT molecular complexity index is 730. The standard InChI is InChI=1S/C22H32N4O2S/c27-20(23-10-7-13-25-11-3-1-4-12-25)17-8-9-19-18(16-17)24-21(28)22(29-19)26-14-5-2-6-15-26/h8-9,16,22H,1-7,10-15H2,(H,23,27)(H,24,28)/p+2. The Labute approximate surface area is 177 Å². The first-order chi connectivity index (χ1) is 14.2. The van der Waals surface area contributed by atoms with Gasteiger partial charge in [-0.15, -0.1) is 0 Å². The summed E-state index contributed by atoms with van der Waals surface area (Å²) >= 11 is 1.65. The zero-order valence-electron chi connectivity index (χ0n) is 17.2. The fourth-order valence-corrected chi connectivity index (χ4v) is 5.94. The molecule has 3 heterocycles. The largest absolute Gasteiger partial charge is 0.352 e. The number of fused-ring (bicyclic) bond motifs is 1. The van der Waals surface area contributed by atoms with Crippen LogP contribution in [0.2, 0.25) is 0 Å². The van der Waals surface area contributed by atoms with E-state index >= 15 is 0 Å². The first-order valence-corrected chi connectivity index (χ1v) is 12.2. The van der Waals surface area contributed by atoms with Crippen molar-refractivity contribution < 1.29 is 19.4 Å². The molecule has 2 amide bonds. The van der Waals surface area contributed by atoms with E-state index in [0.29, 0.717) is 12.1 Å². The van der Waals surface area contributed by atoms with Gasteiger partial charge in [-0.3, -0.25) is 9.59 Å². The minimum Gasteiger partial charge on any atom is -0.352 e. The normalized spacial score (nSPS) is 23.3. The van der Waals surface area contributed by atoms with Gasteiger partial charge in [-0.2, -0.15) is 0 Å². The molecule has 6 nitrogen and oxygen atoms in total. The lowest BCUT2D eigenvalue weighted by Crippen LogP contribution is -3.17. The van der Waals surface area contributed by atoms with E-state index < -0.39 is 0 Å². The third kappa shape index (κ3) is 5.32. The van der Waals surface area contributed by atoms with Crippen molar-refractivity contribution in [3.05, 3.63) is 23.8 Å². The molecule has 1 aromatic carbocycles. The second-order valence-electron chi connectivity index (χ2n) is 8.59. The lowest BCUT2D eigenvalue weighted by atomic mass is 10.1. The Hall–Kier alpha value is -1.57. The quantitative estimate of drug-likeness (QED) is 0.503. The van der Waals surface area contributed by atoms with Crippen LogP contribution in [0.25, 0.3) is 0 Å². The summed E-state index contributed by atoms with van der Waals surface area (Å²) in [6.45, 7) is 6.53. The fourth-order valence-electron chi connectivity index (χ4n) is 4.73. The zero-order valence-corrected chi connectivity index (χ0v) is 18.0. The molecule has 0 aliphatic carbocycles. The topological polar surface area (TPSA) is 67.1 Å². The molecule has 0 spiro atoms. The number of carbonyl (C=O) groups excluding carboxylic acids is 2. The van der Waals surface area contributed by atoms with Crippen LogP contribution in [-0.4, -0.2) is 56.5 Å².